The molecule has 3 rings (SSSR count). The Hall–Kier alpha value is -1.44. The summed E-state index contributed by atoms with van der Waals surface area (Å²) >= 11 is 0. The van der Waals surface area contributed by atoms with Crippen LogP contribution in [0.4, 0.5) is 0 Å². The average Bonchev–Trinajstić information content (AvgIpc) is 2.97. The summed E-state index contributed by atoms with van der Waals surface area (Å²) in [5.74, 6) is -2.60. The Morgan fingerprint density at radius 3 is 2.59 bits per heavy atom. The summed E-state index contributed by atoms with van der Waals surface area (Å²) in [7, 11) is 0. The lowest BCUT2D eigenvalue weighted by Gasteiger charge is -2.41. The summed E-state index contributed by atoms with van der Waals surface area (Å²) in [5.41, 5.74) is -0.965. The monoisotopic (exact) mass is 382 g/mol. The molecule has 0 aromatic rings. The molecule has 7 nitrogen and oxygen atoms in total. The van der Waals surface area contributed by atoms with Gasteiger partial charge in [0.1, 0.15) is 12.2 Å². The van der Waals surface area contributed by atoms with E-state index in [1.54, 1.807) is 13.8 Å². The van der Waals surface area contributed by atoms with E-state index >= 15 is 0 Å². The number of hydrogen-bond donors (Lipinski definition) is 3. The number of ether oxygens (including phenoxy) is 2. The van der Waals surface area contributed by atoms with Crippen molar-refractivity contribution in [1.29, 1.82) is 0 Å². The van der Waals surface area contributed by atoms with E-state index in [9.17, 15) is 24.9 Å². The number of carbonyl (C=O) groups is 2. The van der Waals surface area contributed by atoms with Gasteiger partial charge >= 0.3 is 11.9 Å². The molecule has 1 saturated heterocycles. The number of esters is 2. The van der Waals surface area contributed by atoms with E-state index < -0.39 is 59.7 Å². The molecule has 152 valence electrons. The third-order valence-electron chi connectivity index (χ3n) is 6.83. The van der Waals surface area contributed by atoms with E-state index in [0.29, 0.717) is 0 Å². The first kappa shape index (κ1) is 20.3. The first-order chi connectivity index (χ1) is 12.5. The summed E-state index contributed by atoms with van der Waals surface area (Å²) in [4.78, 5) is 24.2. The minimum atomic E-state index is -1.16. The van der Waals surface area contributed by atoms with Gasteiger partial charge in [0.25, 0.3) is 0 Å². The maximum absolute atomic E-state index is 12.2. The summed E-state index contributed by atoms with van der Waals surface area (Å²) in [6.45, 7) is 11.1. The molecule has 27 heavy (non-hydrogen) atoms. The Morgan fingerprint density at radius 2 is 2.00 bits per heavy atom. The maximum Gasteiger partial charge on any atom is 0.334 e. The normalized spacial score (nSPS) is 46.7. The highest BCUT2D eigenvalue weighted by Crippen LogP contribution is 2.57. The molecule has 7 heteroatoms. The summed E-state index contributed by atoms with van der Waals surface area (Å²) in [6, 6.07) is 0. The minimum Gasteiger partial charge on any atom is -0.462 e. The molecule has 0 radical (unpaired) electrons. The molecule has 0 aromatic carbocycles. The van der Waals surface area contributed by atoms with Crippen molar-refractivity contribution in [3.8, 4) is 0 Å². The quantitative estimate of drug-likeness (QED) is 0.489. The van der Waals surface area contributed by atoms with Crippen molar-refractivity contribution in [2.45, 2.75) is 71.1 Å². The Balaban J connectivity index is 1.97. The molecule has 3 aliphatic rings. The topological polar surface area (TPSA) is 113 Å². The van der Waals surface area contributed by atoms with Crippen molar-refractivity contribution in [3.63, 3.8) is 0 Å². The zero-order chi connectivity index (χ0) is 20.3. The van der Waals surface area contributed by atoms with Crippen LogP contribution in [0.3, 0.4) is 0 Å². The van der Waals surface area contributed by atoms with E-state index in [1.165, 1.54) is 0 Å². The summed E-state index contributed by atoms with van der Waals surface area (Å²) < 4.78 is 11.0. The third kappa shape index (κ3) is 3.00. The van der Waals surface area contributed by atoms with Crippen LogP contribution < -0.4 is 0 Å². The van der Waals surface area contributed by atoms with Crippen LogP contribution in [0.25, 0.3) is 0 Å². The summed E-state index contributed by atoms with van der Waals surface area (Å²) in [5, 5.41) is 32.9. The lowest BCUT2D eigenvalue weighted by atomic mass is 9.67. The van der Waals surface area contributed by atoms with Gasteiger partial charge in [-0.3, -0.25) is 4.79 Å². The second-order valence-corrected chi connectivity index (χ2v) is 8.99. The number of rotatable bonds is 3. The van der Waals surface area contributed by atoms with Gasteiger partial charge in [0.15, 0.2) is 0 Å². The van der Waals surface area contributed by atoms with Crippen molar-refractivity contribution in [3.05, 3.63) is 12.2 Å². The van der Waals surface area contributed by atoms with E-state index in [4.69, 9.17) is 9.47 Å². The zero-order valence-electron chi connectivity index (χ0n) is 16.3. The van der Waals surface area contributed by atoms with Gasteiger partial charge in [-0.25, -0.2) is 4.79 Å². The summed E-state index contributed by atoms with van der Waals surface area (Å²) in [6.07, 6.45) is -4.28. The highest BCUT2D eigenvalue weighted by atomic mass is 16.6. The largest absolute Gasteiger partial charge is 0.462 e. The Bertz CT molecular complexity index is 644. The van der Waals surface area contributed by atoms with Crippen molar-refractivity contribution in [1.82, 2.24) is 0 Å². The molecule has 2 aliphatic carbocycles. The third-order valence-corrected chi connectivity index (χ3v) is 6.83. The average molecular weight is 382 g/mol. The Kier molecular flexibility index (Phi) is 5.16. The van der Waals surface area contributed by atoms with Crippen LogP contribution in [0.1, 0.15) is 40.5 Å². The molecular weight excluding hydrogens is 352 g/mol. The van der Waals surface area contributed by atoms with Crippen molar-refractivity contribution >= 4 is 11.9 Å². The molecule has 2 saturated carbocycles. The fraction of sp³-hybridized carbons (Fsp3) is 0.800. The molecule has 3 N–H and O–H groups in total. The fourth-order valence-electron chi connectivity index (χ4n) is 5.37. The van der Waals surface area contributed by atoms with Crippen LogP contribution in [0, 0.1) is 29.1 Å². The number of carbonyl (C=O) groups excluding carboxylic acids is 2. The van der Waals surface area contributed by atoms with Crippen molar-refractivity contribution in [2.24, 2.45) is 29.1 Å². The molecule has 9 atom stereocenters. The van der Waals surface area contributed by atoms with E-state index in [2.05, 4.69) is 6.58 Å². The van der Waals surface area contributed by atoms with Crippen LogP contribution in [0.5, 0.6) is 0 Å². The van der Waals surface area contributed by atoms with Gasteiger partial charge < -0.3 is 24.8 Å². The number of aliphatic hydroxyl groups excluding tert-OH is 3. The zero-order valence-corrected chi connectivity index (χ0v) is 16.3. The lowest BCUT2D eigenvalue weighted by Crippen LogP contribution is -2.49. The number of aliphatic hydroxyl groups is 3. The smallest absolute Gasteiger partial charge is 0.334 e. The molecular formula is C20H30O7. The second kappa shape index (κ2) is 6.87. The highest BCUT2D eigenvalue weighted by molar-refractivity contribution is 5.91. The first-order valence-electron chi connectivity index (χ1n) is 9.63. The van der Waals surface area contributed by atoms with Gasteiger partial charge in [-0.05, 0) is 11.8 Å². The first-order valence-corrected chi connectivity index (χ1v) is 9.63. The van der Waals surface area contributed by atoms with Crippen LogP contribution in [-0.4, -0.2) is 57.8 Å². The van der Waals surface area contributed by atoms with E-state index in [0.717, 1.165) is 0 Å². The fourth-order valence-corrected chi connectivity index (χ4v) is 5.37. The van der Waals surface area contributed by atoms with Crippen LogP contribution >= 0.6 is 0 Å². The lowest BCUT2D eigenvalue weighted by molar-refractivity contribution is -0.157. The molecule has 0 spiro atoms. The van der Waals surface area contributed by atoms with Crippen LogP contribution in [0.2, 0.25) is 0 Å². The number of hydrogen-bond acceptors (Lipinski definition) is 7. The van der Waals surface area contributed by atoms with Gasteiger partial charge in [0.05, 0.1) is 24.2 Å². The Labute approximate surface area is 159 Å². The molecule has 0 aromatic heterocycles. The maximum atomic E-state index is 12.2. The van der Waals surface area contributed by atoms with Gasteiger partial charge in [0, 0.05) is 29.7 Å². The molecule has 0 amide bonds. The predicted octanol–water partition coefficient (Wildman–Crippen LogP) is 0.801. The molecule has 0 unspecified atom stereocenters. The van der Waals surface area contributed by atoms with Gasteiger partial charge in [-0.15, -0.1) is 0 Å². The standard InChI is InChI=1S/C20H30O7/c1-8(2)6-13(22)26-11-7-12(21)20(5)15(11)10(4)16(23)17-14(18(20)24)9(3)19(25)27-17/h8,10-12,14-18,21,23-24H,3,6-7H2,1-2,4-5H3/t10-,11-,12+,14+,15+,16+,17+,18+,20+/m0/s1. The van der Waals surface area contributed by atoms with Crippen molar-refractivity contribution in [2.75, 3.05) is 0 Å². The SMILES string of the molecule is C=C1C(=O)O[C@H]2[C@H](O)[C@@H](C)[C@@H]3[C@@H](OC(=O)CC(C)C)C[C@@H](O)[C@@]3(C)[C@H](O)[C@H]12. The number of fused-ring (bicyclic) bond motifs is 2. The predicted molar refractivity (Wildman–Crippen MR) is 95.2 cm³/mol. The van der Waals surface area contributed by atoms with Gasteiger partial charge in [-0.1, -0.05) is 34.3 Å². The highest BCUT2D eigenvalue weighted by Gasteiger charge is 2.66. The molecule has 0 bridgehead atoms. The Morgan fingerprint density at radius 1 is 1.37 bits per heavy atom. The van der Waals surface area contributed by atoms with Crippen molar-refractivity contribution < 1.29 is 34.4 Å². The van der Waals surface area contributed by atoms with Gasteiger partial charge in [-0.2, -0.15) is 0 Å². The van der Waals surface area contributed by atoms with E-state index in [-0.39, 0.29) is 30.3 Å². The molecule has 1 aliphatic heterocycles. The van der Waals surface area contributed by atoms with Crippen LogP contribution in [0.15, 0.2) is 12.2 Å². The molecule has 1 heterocycles. The minimum absolute atomic E-state index is 0.105. The van der Waals surface area contributed by atoms with E-state index in [1.807, 2.05) is 13.8 Å². The van der Waals surface area contributed by atoms with Crippen LogP contribution in [-0.2, 0) is 19.1 Å². The second-order valence-electron chi connectivity index (χ2n) is 8.99. The van der Waals surface area contributed by atoms with Gasteiger partial charge in [0.2, 0.25) is 0 Å². The molecule has 3 fully saturated rings.